The number of nitrogens with zero attached hydrogens (tertiary/aromatic N) is 2. The maximum absolute atomic E-state index is 13.6. The van der Waals surface area contributed by atoms with Gasteiger partial charge in [-0.05, 0) is 52.9 Å². The molecule has 1 atom stereocenters. The summed E-state index contributed by atoms with van der Waals surface area (Å²) in [7, 11) is 0. The molecule has 0 saturated carbocycles. The van der Waals surface area contributed by atoms with E-state index in [9.17, 15) is 4.39 Å². The third-order valence-corrected chi connectivity index (χ3v) is 5.80. The number of hydrogen-bond donors (Lipinski definition) is 0. The van der Waals surface area contributed by atoms with Crippen molar-refractivity contribution in [3.8, 4) is 11.1 Å². The van der Waals surface area contributed by atoms with Gasteiger partial charge in [0.15, 0.2) is 0 Å². The summed E-state index contributed by atoms with van der Waals surface area (Å²) in [6.07, 6.45) is 1.99. The first-order valence-electron chi connectivity index (χ1n) is 9.65. The molecule has 4 aromatic rings. The lowest BCUT2D eigenvalue weighted by atomic mass is 9.92. The fourth-order valence-electron chi connectivity index (χ4n) is 4.24. The summed E-state index contributed by atoms with van der Waals surface area (Å²) in [5, 5.41) is 1.11. The quantitative estimate of drug-likeness (QED) is 0.433. The molecule has 0 aliphatic carbocycles. The van der Waals surface area contributed by atoms with Crippen molar-refractivity contribution in [3.05, 3.63) is 102 Å². The number of aromatic nitrogens is 1. The predicted octanol–water partition coefficient (Wildman–Crippen LogP) is 6.12. The highest BCUT2D eigenvalue weighted by Gasteiger charge is 2.26. The van der Waals surface area contributed by atoms with E-state index in [1.54, 1.807) is 0 Å². The van der Waals surface area contributed by atoms with Gasteiger partial charge in [0.05, 0.1) is 5.52 Å². The van der Waals surface area contributed by atoms with E-state index in [1.807, 2.05) is 36.5 Å². The van der Waals surface area contributed by atoms with Gasteiger partial charge in [-0.15, -0.1) is 0 Å². The minimum atomic E-state index is -0.216. The molecule has 1 aromatic heterocycles. The highest BCUT2D eigenvalue weighted by molar-refractivity contribution is 5.96. The van der Waals surface area contributed by atoms with Gasteiger partial charge in [-0.1, -0.05) is 54.6 Å². The number of benzene rings is 3. The average Bonchev–Trinajstić information content (AvgIpc) is 3.17. The zero-order valence-corrected chi connectivity index (χ0v) is 15.8. The van der Waals surface area contributed by atoms with E-state index in [2.05, 4.69) is 42.2 Å². The molecule has 5 rings (SSSR count). The molecule has 138 valence electrons. The molecule has 28 heavy (non-hydrogen) atoms. The molecular formula is C25H21FN2. The van der Waals surface area contributed by atoms with Gasteiger partial charge < -0.3 is 0 Å². The summed E-state index contributed by atoms with van der Waals surface area (Å²) < 4.78 is 13.6. The Kier molecular flexibility index (Phi) is 4.18. The first-order chi connectivity index (χ1) is 13.7. The second kappa shape index (κ2) is 6.84. The summed E-state index contributed by atoms with van der Waals surface area (Å²) in [6.45, 7) is 4.12. The first-order valence-corrected chi connectivity index (χ1v) is 9.65. The Morgan fingerprint density at radius 2 is 1.50 bits per heavy atom. The Bertz CT molecular complexity index is 1130. The molecule has 0 bridgehead atoms. The van der Waals surface area contributed by atoms with Crippen LogP contribution in [-0.4, -0.2) is 9.88 Å². The summed E-state index contributed by atoms with van der Waals surface area (Å²) >= 11 is 0. The summed E-state index contributed by atoms with van der Waals surface area (Å²) in [5.41, 5.74) is 7.10. The lowest BCUT2D eigenvalue weighted by Crippen LogP contribution is -2.21. The fraction of sp³-hybridized carbons (Fsp3) is 0.160. The van der Waals surface area contributed by atoms with E-state index in [-0.39, 0.29) is 11.9 Å². The Balaban J connectivity index is 1.63. The summed E-state index contributed by atoms with van der Waals surface area (Å²) in [6, 6.07) is 23.8. The number of hydrogen-bond acceptors (Lipinski definition) is 2. The average molecular weight is 368 g/mol. The Hall–Kier alpha value is -3.04. The normalized spacial score (nSPS) is 14.9. The van der Waals surface area contributed by atoms with Crippen LogP contribution in [-0.2, 0) is 13.1 Å². The fourth-order valence-corrected chi connectivity index (χ4v) is 4.24. The number of rotatable bonds is 3. The van der Waals surface area contributed by atoms with Gasteiger partial charge in [0.2, 0.25) is 0 Å². The van der Waals surface area contributed by atoms with Crippen LogP contribution in [0.25, 0.3) is 22.0 Å². The van der Waals surface area contributed by atoms with Crippen molar-refractivity contribution >= 4 is 10.9 Å². The standard InChI is InChI=1S/C25H21FN2/c1-17(28-15-19-6-2-3-7-20(19)16-28)23-14-27-24-9-5-4-8-22(24)25(23)18-10-12-21(26)13-11-18/h2-14,17H,15-16H2,1H3. The van der Waals surface area contributed by atoms with Crippen LogP contribution < -0.4 is 0 Å². The van der Waals surface area contributed by atoms with Crippen LogP contribution in [0.2, 0.25) is 0 Å². The van der Waals surface area contributed by atoms with Crippen molar-refractivity contribution in [1.82, 2.24) is 9.88 Å². The van der Waals surface area contributed by atoms with E-state index in [0.717, 1.165) is 35.1 Å². The molecule has 3 aromatic carbocycles. The molecule has 0 saturated heterocycles. The smallest absolute Gasteiger partial charge is 0.123 e. The van der Waals surface area contributed by atoms with Crippen LogP contribution in [0.15, 0.2) is 79.0 Å². The van der Waals surface area contributed by atoms with E-state index in [1.165, 1.54) is 28.8 Å². The zero-order valence-electron chi connectivity index (χ0n) is 15.8. The third kappa shape index (κ3) is 2.88. The van der Waals surface area contributed by atoms with Crippen molar-refractivity contribution in [2.24, 2.45) is 0 Å². The molecule has 0 radical (unpaired) electrons. The maximum Gasteiger partial charge on any atom is 0.123 e. The van der Waals surface area contributed by atoms with Gasteiger partial charge in [-0.2, -0.15) is 0 Å². The lowest BCUT2D eigenvalue weighted by Gasteiger charge is -2.27. The molecule has 3 heteroatoms. The van der Waals surface area contributed by atoms with E-state index in [0.29, 0.717) is 0 Å². The van der Waals surface area contributed by atoms with Gasteiger partial charge in [-0.3, -0.25) is 9.88 Å². The van der Waals surface area contributed by atoms with E-state index >= 15 is 0 Å². The molecule has 1 aliphatic heterocycles. The highest BCUT2D eigenvalue weighted by atomic mass is 19.1. The Morgan fingerprint density at radius 1 is 0.857 bits per heavy atom. The molecule has 0 amide bonds. The summed E-state index contributed by atoms with van der Waals surface area (Å²) in [4.78, 5) is 7.20. The van der Waals surface area contributed by atoms with Crippen LogP contribution in [0.1, 0.15) is 29.7 Å². The number of fused-ring (bicyclic) bond motifs is 2. The van der Waals surface area contributed by atoms with Gasteiger partial charge in [0.1, 0.15) is 5.82 Å². The molecule has 1 aliphatic rings. The van der Waals surface area contributed by atoms with Crippen molar-refractivity contribution < 1.29 is 4.39 Å². The van der Waals surface area contributed by atoms with Crippen molar-refractivity contribution in [1.29, 1.82) is 0 Å². The maximum atomic E-state index is 13.6. The topological polar surface area (TPSA) is 16.1 Å². The third-order valence-electron chi connectivity index (χ3n) is 5.80. The Labute approximate surface area is 164 Å². The first kappa shape index (κ1) is 17.1. The monoisotopic (exact) mass is 368 g/mol. The van der Waals surface area contributed by atoms with Crippen molar-refractivity contribution in [2.75, 3.05) is 0 Å². The molecule has 1 unspecified atom stereocenters. The lowest BCUT2D eigenvalue weighted by molar-refractivity contribution is 0.215. The molecule has 0 N–H and O–H groups in total. The van der Waals surface area contributed by atoms with Gasteiger partial charge >= 0.3 is 0 Å². The molecule has 0 fully saturated rings. The second-order valence-corrected chi connectivity index (χ2v) is 7.46. The van der Waals surface area contributed by atoms with Crippen LogP contribution in [0.5, 0.6) is 0 Å². The largest absolute Gasteiger partial charge is 0.288 e. The van der Waals surface area contributed by atoms with Crippen LogP contribution in [0.3, 0.4) is 0 Å². The van der Waals surface area contributed by atoms with E-state index < -0.39 is 0 Å². The van der Waals surface area contributed by atoms with Gasteiger partial charge in [0.25, 0.3) is 0 Å². The summed E-state index contributed by atoms with van der Waals surface area (Å²) in [5.74, 6) is -0.216. The number of para-hydroxylation sites is 1. The van der Waals surface area contributed by atoms with Gasteiger partial charge in [0, 0.05) is 30.7 Å². The SMILES string of the molecule is CC(c1cnc2ccccc2c1-c1ccc(F)cc1)N1Cc2ccccc2C1. The molecule has 0 spiro atoms. The van der Waals surface area contributed by atoms with Gasteiger partial charge in [-0.25, -0.2) is 4.39 Å². The molecular weight excluding hydrogens is 347 g/mol. The molecule has 2 nitrogen and oxygen atoms in total. The minimum Gasteiger partial charge on any atom is -0.288 e. The Morgan fingerprint density at radius 3 is 2.21 bits per heavy atom. The predicted molar refractivity (Wildman–Crippen MR) is 111 cm³/mol. The van der Waals surface area contributed by atoms with Crippen LogP contribution in [0.4, 0.5) is 4.39 Å². The minimum absolute atomic E-state index is 0.199. The number of pyridine rings is 1. The van der Waals surface area contributed by atoms with Crippen molar-refractivity contribution in [2.45, 2.75) is 26.1 Å². The second-order valence-electron chi connectivity index (χ2n) is 7.46. The van der Waals surface area contributed by atoms with Crippen LogP contribution in [0, 0.1) is 5.82 Å². The highest BCUT2D eigenvalue weighted by Crippen LogP contribution is 2.38. The van der Waals surface area contributed by atoms with E-state index in [4.69, 9.17) is 4.98 Å². The number of halogens is 1. The molecule has 2 heterocycles. The van der Waals surface area contributed by atoms with Crippen LogP contribution >= 0.6 is 0 Å². The van der Waals surface area contributed by atoms with Crippen molar-refractivity contribution in [3.63, 3.8) is 0 Å². The zero-order chi connectivity index (χ0) is 19.1.